The van der Waals surface area contributed by atoms with Crippen molar-refractivity contribution in [2.24, 2.45) is 7.05 Å². The van der Waals surface area contributed by atoms with Gasteiger partial charge in [0.05, 0.1) is 36.3 Å². The SMILES string of the molecule is Cn1cnc2ccc(-c3cn4ccnc4c(Nc4ccc(CN5CCOCC5)cc4)n3)cc21. The average molecular weight is 440 g/mol. The summed E-state index contributed by atoms with van der Waals surface area (Å²) >= 11 is 0. The molecule has 0 aliphatic carbocycles. The number of nitrogens with one attached hydrogen (secondary N) is 1. The van der Waals surface area contributed by atoms with Gasteiger partial charge >= 0.3 is 0 Å². The number of hydrogen-bond acceptors (Lipinski definition) is 6. The summed E-state index contributed by atoms with van der Waals surface area (Å²) in [5.41, 5.74) is 7.02. The van der Waals surface area contributed by atoms with E-state index in [1.165, 1.54) is 5.56 Å². The Morgan fingerprint density at radius 3 is 2.73 bits per heavy atom. The van der Waals surface area contributed by atoms with Crippen molar-refractivity contribution in [2.75, 3.05) is 31.6 Å². The highest BCUT2D eigenvalue weighted by atomic mass is 16.5. The van der Waals surface area contributed by atoms with Gasteiger partial charge in [0.2, 0.25) is 0 Å². The Bertz CT molecular complexity index is 1410. The fourth-order valence-electron chi connectivity index (χ4n) is 4.29. The number of morpholine rings is 1. The lowest BCUT2D eigenvalue weighted by Crippen LogP contribution is -2.35. The van der Waals surface area contributed by atoms with Gasteiger partial charge < -0.3 is 19.0 Å². The van der Waals surface area contributed by atoms with E-state index in [0.29, 0.717) is 0 Å². The van der Waals surface area contributed by atoms with E-state index in [4.69, 9.17) is 9.72 Å². The van der Waals surface area contributed by atoms with E-state index in [1.54, 1.807) is 6.20 Å². The Hall–Kier alpha value is -3.75. The first kappa shape index (κ1) is 19.9. The first-order chi connectivity index (χ1) is 16.2. The number of aryl methyl sites for hydroxylation is 1. The topological polar surface area (TPSA) is 72.5 Å². The summed E-state index contributed by atoms with van der Waals surface area (Å²) < 4.78 is 9.47. The fraction of sp³-hybridized carbons (Fsp3) is 0.240. The molecule has 5 aromatic rings. The number of fused-ring (bicyclic) bond motifs is 2. The van der Waals surface area contributed by atoms with Crippen molar-refractivity contribution in [3.63, 3.8) is 0 Å². The number of rotatable bonds is 5. The molecule has 1 aliphatic heterocycles. The largest absolute Gasteiger partial charge is 0.379 e. The molecular weight excluding hydrogens is 414 g/mol. The molecule has 0 bridgehead atoms. The number of anilines is 2. The summed E-state index contributed by atoms with van der Waals surface area (Å²) in [6.07, 6.45) is 7.58. The van der Waals surface area contributed by atoms with Crippen molar-refractivity contribution in [3.05, 3.63) is 72.9 Å². The molecule has 2 aromatic carbocycles. The summed E-state index contributed by atoms with van der Waals surface area (Å²) in [5.74, 6) is 0.725. The van der Waals surface area contributed by atoms with Gasteiger partial charge in [0.15, 0.2) is 11.5 Å². The number of ether oxygens (including phenoxy) is 1. The van der Waals surface area contributed by atoms with Crippen LogP contribution in [0.15, 0.2) is 67.4 Å². The molecule has 0 spiro atoms. The van der Waals surface area contributed by atoms with Gasteiger partial charge in [-0.3, -0.25) is 4.90 Å². The highest BCUT2D eigenvalue weighted by Crippen LogP contribution is 2.27. The number of imidazole rings is 2. The second kappa shape index (κ2) is 8.31. The average Bonchev–Trinajstić information content (AvgIpc) is 3.48. The zero-order chi connectivity index (χ0) is 22.2. The van der Waals surface area contributed by atoms with E-state index in [9.17, 15) is 0 Å². The van der Waals surface area contributed by atoms with Crippen LogP contribution in [0.25, 0.3) is 27.9 Å². The predicted molar refractivity (Wildman–Crippen MR) is 129 cm³/mol. The molecule has 8 nitrogen and oxygen atoms in total. The fourth-order valence-corrected chi connectivity index (χ4v) is 4.29. The van der Waals surface area contributed by atoms with E-state index in [2.05, 4.69) is 56.6 Å². The van der Waals surface area contributed by atoms with Gasteiger partial charge in [-0.15, -0.1) is 0 Å². The van der Waals surface area contributed by atoms with Crippen LogP contribution in [0.3, 0.4) is 0 Å². The number of hydrogen-bond donors (Lipinski definition) is 1. The Balaban J connectivity index is 1.29. The summed E-state index contributed by atoms with van der Waals surface area (Å²) in [6.45, 7) is 4.54. The molecule has 1 fully saturated rings. The van der Waals surface area contributed by atoms with Gasteiger partial charge in [0.25, 0.3) is 0 Å². The summed E-state index contributed by atoms with van der Waals surface area (Å²) in [4.78, 5) is 16.3. The van der Waals surface area contributed by atoms with Gasteiger partial charge in [-0.1, -0.05) is 18.2 Å². The second-order valence-corrected chi connectivity index (χ2v) is 8.40. The summed E-state index contributed by atoms with van der Waals surface area (Å²) in [7, 11) is 2.00. The van der Waals surface area contributed by atoms with Crippen molar-refractivity contribution in [2.45, 2.75) is 6.54 Å². The maximum Gasteiger partial charge on any atom is 0.180 e. The molecule has 0 amide bonds. The molecule has 1 saturated heterocycles. The molecule has 166 valence electrons. The normalized spacial score (nSPS) is 14.8. The van der Waals surface area contributed by atoms with Crippen molar-refractivity contribution < 1.29 is 4.74 Å². The lowest BCUT2D eigenvalue weighted by molar-refractivity contribution is 0.0342. The maximum atomic E-state index is 5.44. The molecule has 0 saturated carbocycles. The van der Waals surface area contributed by atoms with Crippen LogP contribution in [0.2, 0.25) is 0 Å². The third-order valence-electron chi connectivity index (χ3n) is 6.12. The van der Waals surface area contributed by atoms with Crippen molar-refractivity contribution in [1.29, 1.82) is 0 Å². The van der Waals surface area contributed by atoms with Gasteiger partial charge in [-0.2, -0.15) is 0 Å². The minimum Gasteiger partial charge on any atom is -0.379 e. The standard InChI is InChI=1S/C25H25N7O/c1-30-17-27-21-7-4-19(14-23(21)30)22-16-32-9-8-26-25(32)24(29-22)28-20-5-2-18(3-6-20)15-31-10-12-33-13-11-31/h2-9,14,16-17H,10-13,15H2,1H3,(H,28,29). The zero-order valence-electron chi connectivity index (χ0n) is 18.5. The minimum atomic E-state index is 0.725. The molecule has 1 N–H and O–H groups in total. The van der Waals surface area contributed by atoms with Crippen LogP contribution in [0.1, 0.15) is 5.56 Å². The predicted octanol–water partition coefficient (Wildman–Crippen LogP) is 3.86. The van der Waals surface area contributed by atoms with E-state index >= 15 is 0 Å². The van der Waals surface area contributed by atoms with Crippen LogP contribution in [-0.4, -0.2) is 55.1 Å². The smallest absolute Gasteiger partial charge is 0.180 e. The summed E-state index contributed by atoms with van der Waals surface area (Å²) in [6, 6.07) is 14.8. The van der Waals surface area contributed by atoms with Gasteiger partial charge in [-0.25, -0.2) is 15.0 Å². The van der Waals surface area contributed by atoms with E-state index in [0.717, 1.165) is 72.3 Å². The Kier molecular flexibility index (Phi) is 5.01. The Morgan fingerprint density at radius 1 is 1.03 bits per heavy atom. The monoisotopic (exact) mass is 439 g/mol. The van der Waals surface area contributed by atoms with E-state index < -0.39 is 0 Å². The number of nitrogens with zero attached hydrogens (tertiary/aromatic N) is 6. The molecular formula is C25H25N7O. The molecule has 8 heteroatoms. The van der Waals surface area contributed by atoms with Crippen molar-refractivity contribution >= 4 is 28.2 Å². The van der Waals surface area contributed by atoms with Crippen LogP contribution >= 0.6 is 0 Å². The van der Waals surface area contributed by atoms with Crippen LogP contribution < -0.4 is 5.32 Å². The quantitative estimate of drug-likeness (QED) is 0.448. The molecule has 33 heavy (non-hydrogen) atoms. The lowest BCUT2D eigenvalue weighted by atomic mass is 10.1. The van der Waals surface area contributed by atoms with Gasteiger partial charge in [0.1, 0.15) is 0 Å². The highest BCUT2D eigenvalue weighted by molar-refractivity contribution is 5.82. The molecule has 0 radical (unpaired) electrons. The van der Waals surface area contributed by atoms with Crippen LogP contribution in [-0.2, 0) is 18.3 Å². The molecule has 3 aromatic heterocycles. The van der Waals surface area contributed by atoms with Crippen LogP contribution in [0, 0.1) is 0 Å². The molecule has 1 aliphatic rings. The number of aromatic nitrogens is 5. The summed E-state index contributed by atoms with van der Waals surface area (Å²) in [5, 5.41) is 3.47. The first-order valence-electron chi connectivity index (χ1n) is 11.1. The first-order valence-corrected chi connectivity index (χ1v) is 11.1. The molecule has 6 rings (SSSR count). The van der Waals surface area contributed by atoms with Crippen LogP contribution in [0.4, 0.5) is 11.5 Å². The maximum absolute atomic E-state index is 5.44. The zero-order valence-corrected chi connectivity index (χ0v) is 18.5. The van der Waals surface area contributed by atoms with E-state index in [-0.39, 0.29) is 0 Å². The molecule has 4 heterocycles. The second-order valence-electron chi connectivity index (χ2n) is 8.40. The van der Waals surface area contributed by atoms with Gasteiger partial charge in [-0.05, 0) is 29.8 Å². The molecule has 0 atom stereocenters. The van der Waals surface area contributed by atoms with Crippen molar-refractivity contribution in [1.82, 2.24) is 28.8 Å². The van der Waals surface area contributed by atoms with Gasteiger partial charge in [0, 0.05) is 56.5 Å². The Morgan fingerprint density at radius 2 is 1.88 bits per heavy atom. The van der Waals surface area contributed by atoms with Crippen LogP contribution in [0.5, 0.6) is 0 Å². The third kappa shape index (κ3) is 3.94. The Labute approximate surface area is 191 Å². The third-order valence-corrected chi connectivity index (χ3v) is 6.12. The lowest BCUT2D eigenvalue weighted by Gasteiger charge is -2.26. The van der Waals surface area contributed by atoms with Crippen molar-refractivity contribution in [3.8, 4) is 11.3 Å². The minimum absolute atomic E-state index is 0.725. The highest BCUT2D eigenvalue weighted by Gasteiger charge is 2.13. The van der Waals surface area contributed by atoms with E-state index in [1.807, 2.05) is 40.8 Å². The number of benzene rings is 2. The molecule has 0 unspecified atom stereocenters.